The molecule has 2 aromatic rings. The second kappa shape index (κ2) is 13.1. The number of hydrogen-bond donors (Lipinski definition) is 1. The third kappa shape index (κ3) is 7.11. The molecule has 1 unspecified atom stereocenters. The number of likely N-dealkylation sites (tertiary alicyclic amines) is 1. The molecule has 1 atom stereocenters. The number of likely N-dealkylation sites (N-methyl/N-ethyl adjacent to an activating group) is 1. The molecule has 1 amide bonds. The van der Waals surface area contributed by atoms with Crippen LogP contribution in [0.5, 0.6) is 0 Å². The summed E-state index contributed by atoms with van der Waals surface area (Å²) in [5.74, 6) is 4.68. The lowest BCUT2D eigenvalue weighted by atomic mass is 10.0. The lowest BCUT2D eigenvalue weighted by Gasteiger charge is -2.31. The first-order valence-electron chi connectivity index (χ1n) is 12.3. The number of rotatable bonds is 9. The number of piperidine rings is 1. The summed E-state index contributed by atoms with van der Waals surface area (Å²) in [4.78, 5) is 40.5. The Morgan fingerprint density at radius 2 is 1.56 bits per heavy atom. The van der Waals surface area contributed by atoms with Crippen molar-refractivity contribution in [2.45, 2.75) is 44.9 Å². The first-order valence-corrected chi connectivity index (χ1v) is 12.3. The topological polar surface area (TPSA) is 87.2 Å². The number of hydrogen-bond acceptors (Lipinski definition) is 6. The van der Waals surface area contributed by atoms with Gasteiger partial charge in [-0.2, -0.15) is 0 Å². The third-order valence-corrected chi connectivity index (χ3v) is 6.53. The molecule has 1 saturated heterocycles. The van der Waals surface area contributed by atoms with Crippen molar-refractivity contribution in [2.75, 3.05) is 33.9 Å². The van der Waals surface area contributed by atoms with Gasteiger partial charge in [0.1, 0.15) is 6.61 Å². The van der Waals surface area contributed by atoms with Crippen LogP contribution in [0.2, 0.25) is 0 Å². The molecule has 0 saturated carbocycles. The number of Topliss-reactive ketones (excluding diaryl/α,β-unsaturated/α-hetero) is 2. The highest BCUT2D eigenvalue weighted by atomic mass is 16.5. The van der Waals surface area contributed by atoms with E-state index in [9.17, 15) is 19.5 Å². The Labute approximate surface area is 213 Å². The molecule has 1 N–H and O–H groups in total. The van der Waals surface area contributed by atoms with Crippen molar-refractivity contribution < 1.29 is 24.2 Å². The van der Waals surface area contributed by atoms with E-state index in [-0.39, 0.29) is 6.42 Å². The molecular weight excluding hydrogens is 456 g/mol. The van der Waals surface area contributed by atoms with E-state index in [1.807, 2.05) is 12.1 Å². The van der Waals surface area contributed by atoms with Gasteiger partial charge in [-0.1, -0.05) is 30.9 Å². The van der Waals surface area contributed by atoms with Crippen LogP contribution >= 0.6 is 0 Å². The second-order valence-electron chi connectivity index (χ2n) is 9.00. The lowest BCUT2D eigenvalue weighted by Crippen LogP contribution is -2.48. The number of methoxy groups -OCH3 is 1. The molecule has 3 rings (SSSR count). The Hall–Kier alpha value is -3.31. The van der Waals surface area contributed by atoms with Crippen molar-refractivity contribution in [1.82, 2.24) is 9.80 Å². The van der Waals surface area contributed by atoms with Crippen LogP contribution in [-0.2, 0) is 20.9 Å². The van der Waals surface area contributed by atoms with Gasteiger partial charge in [0.25, 0.3) is 5.91 Å². The molecule has 190 valence electrons. The van der Waals surface area contributed by atoms with Crippen molar-refractivity contribution in [1.29, 1.82) is 0 Å². The van der Waals surface area contributed by atoms with Gasteiger partial charge in [-0.05, 0) is 54.8 Å². The summed E-state index contributed by atoms with van der Waals surface area (Å²) in [5.41, 5.74) is 3.23. The highest BCUT2D eigenvalue weighted by molar-refractivity contribution is 6.10. The van der Waals surface area contributed by atoms with Crippen LogP contribution in [0, 0.1) is 11.8 Å². The molecule has 7 nitrogen and oxygen atoms in total. The maximum absolute atomic E-state index is 12.8. The predicted molar refractivity (Wildman–Crippen MR) is 137 cm³/mol. The number of aliphatic hydroxyl groups excluding tert-OH is 1. The third-order valence-electron chi connectivity index (χ3n) is 6.53. The van der Waals surface area contributed by atoms with E-state index < -0.39 is 30.1 Å². The molecule has 0 bridgehead atoms. The van der Waals surface area contributed by atoms with Crippen LogP contribution in [0.4, 0.5) is 0 Å². The minimum atomic E-state index is -1.29. The summed E-state index contributed by atoms with van der Waals surface area (Å²) in [6.45, 7) is 3.83. The van der Waals surface area contributed by atoms with Gasteiger partial charge in [-0.3, -0.25) is 19.3 Å². The molecule has 2 aromatic carbocycles. The molecule has 7 heteroatoms. The van der Waals surface area contributed by atoms with E-state index in [1.165, 1.54) is 12.6 Å². The molecule has 0 aliphatic carbocycles. The van der Waals surface area contributed by atoms with Crippen molar-refractivity contribution in [3.8, 4) is 11.8 Å². The Kier molecular flexibility index (Phi) is 9.95. The summed E-state index contributed by atoms with van der Waals surface area (Å²) >= 11 is 0. The molecule has 36 heavy (non-hydrogen) atoms. The summed E-state index contributed by atoms with van der Waals surface area (Å²) < 4.78 is 5.44. The first-order chi connectivity index (χ1) is 17.4. The zero-order chi connectivity index (χ0) is 26.1. The monoisotopic (exact) mass is 490 g/mol. The number of ketones is 2. The van der Waals surface area contributed by atoms with Crippen LogP contribution in [-0.4, -0.2) is 78.4 Å². The zero-order valence-corrected chi connectivity index (χ0v) is 21.2. The average Bonchev–Trinajstić information content (AvgIpc) is 2.92. The van der Waals surface area contributed by atoms with Crippen molar-refractivity contribution in [3.05, 3.63) is 70.8 Å². The number of carbonyl (C=O) groups is 3. The maximum Gasteiger partial charge on any atom is 0.254 e. The molecule has 1 aliphatic rings. The minimum Gasteiger partial charge on any atom is -0.388 e. The fraction of sp³-hybridized carbons (Fsp3) is 0.414. The zero-order valence-electron chi connectivity index (χ0n) is 21.2. The molecule has 0 aromatic heterocycles. The van der Waals surface area contributed by atoms with Gasteiger partial charge in [0.15, 0.2) is 17.6 Å². The highest BCUT2D eigenvalue weighted by Crippen LogP contribution is 2.16. The van der Waals surface area contributed by atoms with Gasteiger partial charge >= 0.3 is 0 Å². The van der Waals surface area contributed by atoms with Gasteiger partial charge in [-0.25, -0.2) is 0 Å². The van der Waals surface area contributed by atoms with Crippen molar-refractivity contribution >= 4 is 17.5 Å². The lowest BCUT2D eigenvalue weighted by molar-refractivity contribution is -0.134. The fourth-order valence-corrected chi connectivity index (χ4v) is 4.31. The van der Waals surface area contributed by atoms with Crippen molar-refractivity contribution in [3.63, 3.8) is 0 Å². The van der Waals surface area contributed by atoms with E-state index in [0.29, 0.717) is 11.7 Å². The van der Waals surface area contributed by atoms with Gasteiger partial charge in [0.2, 0.25) is 0 Å². The second-order valence-corrected chi connectivity index (χ2v) is 9.00. The summed E-state index contributed by atoms with van der Waals surface area (Å²) in [7, 11) is 3.18. The number of amides is 1. The number of ether oxygens (including phenoxy) is 1. The highest BCUT2D eigenvalue weighted by Gasteiger charge is 2.32. The molecular formula is C29H34N2O5. The van der Waals surface area contributed by atoms with Crippen LogP contribution in [0.3, 0.4) is 0 Å². The summed E-state index contributed by atoms with van der Waals surface area (Å²) in [6, 6.07) is 13.7. The number of nitrogens with zero attached hydrogens (tertiary/aromatic N) is 2. The van der Waals surface area contributed by atoms with Gasteiger partial charge < -0.3 is 14.7 Å². The molecule has 1 heterocycles. The normalized spacial score (nSPS) is 15.0. The fourth-order valence-electron chi connectivity index (χ4n) is 4.31. The van der Waals surface area contributed by atoms with Crippen molar-refractivity contribution in [2.24, 2.45) is 0 Å². The Morgan fingerprint density at radius 3 is 2.06 bits per heavy atom. The summed E-state index contributed by atoms with van der Waals surface area (Å²) in [5, 5.41) is 9.19. The number of aliphatic hydroxyl groups is 1. The molecule has 1 aliphatic heterocycles. The minimum absolute atomic E-state index is 0.0938. The van der Waals surface area contributed by atoms with Gasteiger partial charge in [0, 0.05) is 56.9 Å². The largest absolute Gasteiger partial charge is 0.388 e. The first kappa shape index (κ1) is 27.3. The van der Waals surface area contributed by atoms with Crippen LogP contribution < -0.4 is 0 Å². The van der Waals surface area contributed by atoms with E-state index in [0.717, 1.165) is 48.5 Å². The van der Waals surface area contributed by atoms with E-state index in [2.05, 4.69) is 28.9 Å². The quantitative estimate of drug-likeness (QED) is 0.430. The van der Waals surface area contributed by atoms with E-state index in [1.54, 1.807) is 38.3 Å². The maximum atomic E-state index is 12.8. The van der Waals surface area contributed by atoms with E-state index in [4.69, 9.17) is 4.74 Å². The smallest absolute Gasteiger partial charge is 0.254 e. The number of carbonyl (C=O) groups excluding carboxylic acids is 3. The predicted octanol–water partition coefficient (Wildman–Crippen LogP) is 2.68. The van der Waals surface area contributed by atoms with Gasteiger partial charge in [-0.15, -0.1) is 0 Å². The van der Waals surface area contributed by atoms with Crippen LogP contribution in [0.1, 0.15) is 53.2 Å². The Bertz CT molecular complexity index is 1090. The van der Waals surface area contributed by atoms with Crippen LogP contribution in [0.15, 0.2) is 48.5 Å². The Balaban J connectivity index is 1.60. The average molecular weight is 491 g/mol. The molecule has 0 radical (unpaired) electrons. The van der Waals surface area contributed by atoms with Gasteiger partial charge in [0.05, 0.1) is 6.10 Å². The molecule has 1 fully saturated rings. The molecule has 0 spiro atoms. The van der Waals surface area contributed by atoms with Crippen LogP contribution in [0.25, 0.3) is 0 Å². The standard InChI is InChI=1S/C29H34N2O5/c1-4-26(33)28(27(34)20-32)30(2)29(35)24-13-11-22(12-14-24)6-5-21-7-9-23(10-8-21)19-31-17-15-25(36-3)16-18-31/h7-14,25,28,32H,4,15-20H2,1-3H3. The summed E-state index contributed by atoms with van der Waals surface area (Å²) in [6.07, 6.45) is 2.61. The van der Waals surface area contributed by atoms with E-state index >= 15 is 0 Å². The SMILES string of the molecule is CCC(=O)C(C(=O)CO)N(C)C(=O)c1ccc(C#Cc2ccc(CN3CCC(OC)CC3)cc2)cc1. The Morgan fingerprint density at radius 1 is 1.00 bits per heavy atom. The number of benzene rings is 2.